The first-order chi connectivity index (χ1) is 12.9. The van der Waals surface area contributed by atoms with Crippen LogP contribution in [0.15, 0.2) is 0 Å². The third-order valence-corrected chi connectivity index (χ3v) is 5.15. The predicted octanol–water partition coefficient (Wildman–Crippen LogP) is 1.87. The number of hydrogen-bond acceptors (Lipinski definition) is 5. The lowest BCUT2D eigenvalue weighted by Gasteiger charge is -2.30. The van der Waals surface area contributed by atoms with Crippen molar-refractivity contribution in [1.82, 2.24) is 10.2 Å². The van der Waals surface area contributed by atoms with E-state index in [1.807, 2.05) is 18.7 Å². The molecule has 0 aliphatic carbocycles. The smallest absolute Gasteiger partial charge is 0.309 e. The summed E-state index contributed by atoms with van der Waals surface area (Å²) in [5.74, 6) is -1.10. The Morgan fingerprint density at radius 2 is 2.04 bits per heavy atom. The van der Waals surface area contributed by atoms with E-state index in [9.17, 15) is 14.4 Å². The van der Waals surface area contributed by atoms with E-state index in [4.69, 9.17) is 9.84 Å². The molecule has 1 aliphatic heterocycles. The summed E-state index contributed by atoms with van der Waals surface area (Å²) < 4.78 is 5.43. The molecule has 0 aromatic rings. The number of hydrogen-bond donors (Lipinski definition) is 2. The van der Waals surface area contributed by atoms with Crippen LogP contribution in [-0.2, 0) is 19.1 Å². The molecule has 3 atom stereocenters. The number of carbonyl (C=O) groups is 3. The van der Waals surface area contributed by atoms with Gasteiger partial charge in [-0.15, -0.1) is 0 Å². The van der Waals surface area contributed by atoms with E-state index in [1.165, 1.54) is 0 Å². The average Bonchev–Trinajstić information content (AvgIpc) is 3.08. The fraction of sp³-hybridized carbons (Fsp3) is 0.850. The molecule has 0 radical (unpaired) electrons. The van der Waals surface area contributed by atoms with Crippen LogP contribution in [0.2, 0.25) is 0 Å². The van der Waals surface area contributed by atoms with E-state index in [-0.39, 0.29) is 42.9 Å². The van der Waals surface area contributed by atoms with E-state index in [1.54, 1.807) is 6.92 Å². The second kappa shape index (κ2) is 12.7. The average molecular weight is 385 g/mol. The Morgan fingerprint density at radius 3 is 2.59 bits per heavy atom. The lowest BCUT2D eigenvalue weighted by Crippen LogP contribution is -2.40. The molecule has 2 amide bonds. The summed E-state index contributed by atoms with van der Waals surface area (Å²) in [6.07, 6.45) is 4.86. The van der Waals surface area contributed by atoms with Gasteiger partial charge in [0.15, 0.2) is 0 Å². The molecule has 0 aromatic carbocycles. The lowest BCUT2D eigenvalue weighted by atomic mass is 9.88. The topological polar surface area (TPSA) is 95.9 Å². The zero-order valence-corrected chi connectivity index (χ0v) is 17.0. The van der Waals surface area contributed by atoms with Crippen molar-refractivity contribution >= 4 is 17.8 Å². The molecule has 1 fully saturated rings. The summed E-state index contributed by atoms with van der Waals surface area (Å²) in [7, 11) is 0. The van der Waals surface area contributed by atoms with Crippen LogP contribution in [-0.4, -0.2) is 60.1 Å². The molecule has 0 saturated carbocycles. The van der Waals surface area contributed by atoms with E-state index in [2.05, 4.69) is 5.32 Å². The lowest BCUT2D eigenvalue weighted by molar-refractivity contribution is -0.151. The number of nitrogens with one attached hydrogen (secondary N) is 1. The van der Waals surface area contributed by atoms with Crippen LogP contribution in [0, 0.1) is 11.8 Å². The number of amides is 2. The van der Waals surface area contributed by atoms with Crippen molar-refractivity contribution in [2.24, 2.45) is 11.8 Å². The largest absolute Gasteiger partial charge is 0.465 e. The first-order valence-corrected chi connectivity index (χ1v) is 10.3. The second-order valence-corrected chi connectivity index (χ2v) is 7.36. The van der Waals surface area contributed by atoms with Gasteiger partial charge in [0.1, 0.15) is 0 Å². The SMILES string of the molecule is CCCCOC(=O)C(CC(C)C(=O)NCCO)CC(CC)N1CCCC1=O. The summed E-state index contributed by atoms with van der Waals surface area (Å²) in [6, 6.07) is -0.00331. The van der Waals surface area contributed by atoms with E-state index in [0.29, 0.717) is 25.9 Å². The number of esters is 1. The van der Waals surface area contributed by atoms with Crippen molar-refractivity contribution < 1.29 is 24.2 Å². The number of nitrogens with zero attached hydrogens (tertiary/aromatic N) is 1. The molecule has 0 bridgehead atoms. The quantitative estimate of drug-likeness (QED) is 0.373. The van der Waals surface area contributed by atoms with Gasteiger partial charge in [0.05, 0.1) is 19.1 Å². The molecular weight excluding hydrogens is 348 g/mol. The fourth-order valence-electron chi connectivity index (χ4n) is 3.51. The molecule has 1 aliphatic rings. The van der Waals surface area contributed by atoms with Gasteiger partial charge in [-0.25, -0.2) is 0 Å². The number of likely N-dealkylation sites (tertiary alicyclic amines) is 1. The normalized spacial score (nSPS) is 17.5. The van der Waals surface area contributed by atoms with Crippen LogP contribution in [0.5, 0.6) is 0 Å². The second-order valence-electron chi connectivity index (χ2n) is 7.36. The maximum Gasteiger partial charge on any atom is 0.309 e. The highest BCUT2D eigenvalue weighted by molar-refractivity contribution is 5.80. The highest BCUT2D eigenvalue weighted by atomic mass is 16.5. The van der Waals surface area contributed by atoms with Crippen LogP contribution < -0.4 is 5.32 Å². The molecule has 7 nitrogen and oxygen atoms in total. The van der Waals surface area contributed by atoms with Gasteiger partial charge in [-0.1, -0.05) is 27.2 Å². The Hall–Kier alpha value is -1.63. The van der Waals surface area contributed by atoms with Crippen LogP contribution in [0.4, 0.5) is 0 Å². The third kappa shape index (κ3) is 7.87. The minimum absolute atomic E-state index is 0.00331. The Labute approximate surface area is 162 Å². The van der Waals surface area contributed by atoms with Gasteiger partial charge in [-0.2, -0.15) is 0 Å². The highest BCUT2D eigenvalue weighted by Crippen LogP contribution is 2.26. The Balaban J connectivity index is 2.77. The fourth-order valence-corrected chi connectivity index (χ4v) is 3.51. The van der Waals surface area contributed by atoms with Gasteiger partial charge in [0.2, 0.25) is 11.8 Å². The van der Waals surface area contributed by atoms with Crippen molar-refractivity contribution in [3.63, 3.8) is 0 Å². The number of aliphatic hydroxyl groups is 1. The van der Waals surface area contributed by atoms with Crippen LogP contribution in [0.3, 0.4) is 0 Å². The molecule has 3 unspecified atom stereocenters. The number of carbonyl (C=O) groups excluding carboxylic acids is 3. The summed E-state index contributed by atoms with van der Waals surface area (Å²) >= 11 is 0. The third-order valence-electron chi connectivity index (χ3n) is 5.15. The summed E-state index contributed by atoms with van der Waals surface area (Å²) in [4.78, 5) is 38.8. The van der Waals surface area contributed by atoms with Crippen molar-refractivity contribution in [3.8, 4) is 0 Å². The first-order valence-electron chi connectivity index (χ1n) is 10.3. The van der Waals surface area contributed by atoms with E-state index in [0.717, 1.165) is 32.2 Å². The van der Waals surface area contributed by atoms with Gasteiger partial charge in [-0.05, 0) is 32.1 Å². The molecular formula is C20H36N2O5. The zero-order valence-electron chi connectivity index (χ0n) is 17.0. The molecule has 0 spiro atoms. The number of aliphatic hydroxyl groups excluding tert-OH is 1. The van der Waals surface area contributed by atoms with E-state index < -0.39 is 5.92 Å². The maximum atomic E-state index is 12.6. The predicted molar refractivity (Wildman–Crippen MR) is 103 cm³/mol. The standard InChI is InChI=1S/C20H36N2O5/c1-4-6-12-27-20(26)16(13-15(3)19(25)21-9-11-23)14-17(5-2)22-10-7-8-18(22)24/h15-17,23H,4-14H2,1-3H3,(H,21,25). The molecule has 7 heteroatoms. The first kappa shape index (κ1) is 23.4. The van der Waals surface area contributed by atoms with Crippen molar-refractivity contribution in [2.75, 3.05) is 26.3 Å². The molecule has 1 heterocycles. The summed E-state index contributed by atoms with van der Waals surface area (Å²) in [6.45, 7) is 7.04. The van der Waals surface area contributed by atoms with Gasteiger partial charge >= 0.3 is 5.97 Å². The highest BCUT2D eigenvalue weighted by Gasteiger charge is 2.33. The monoisotopic (exact) mass is 384 g/mol. The molecule has 27 heavy (non-hydrogen) atoms. The van der Waals surface area contributed by atoms with Gasteiger partial charge in [0.25, 0.3) is 0 Å². The summed E-state index contributed by atoms with van der Waals surface area (Å²) in [5, 5.41) is 11.5. The Kier molecular flexibility index (Phi) is 11.0. The van der Waals surface area contributed by atoms with E-state index >= 15 is 0 Å². The minimum Gasteiger partial charge on any atom is -0.465 e. The molecule has 156 valence electrons. The maximum absolute atomic E-state index is 12.6. The van der Waals surface area contributed by atoms with Gasteiger partial charge in [0, 0.05) is 31.5 Å². The number of rotatable bonds is 13. The number of ether oxygens (including phenoxy) is 1. The molecule has 2 N–H and O–H groups in total. The van der Waals surface area contributed by atoms with Gasteiger partial charge < -0.3 is 20.1 Å². The molecule has 1 rings (SSSR count). The molecule has 0 aromatic heterocycles. The summed E-state index contributed by atoms with van der Waals surface area (Å²) in [5.41, 5.74) is 0. The van der Waals surface area contributed by atoms with Crippen molar-refractivity contribution in [3.05, 3.63) is 0 Å². The Morgan fingerprint density at radius 1 is 1.30 bits per heavy atom. The minimum atomic E-state index is -0.421. The van der Waals surface area contributed by atoms with Crippen LogP contribution in [0.1, 0.15) is 65.7 Å². The van der Waals surface area contributed by atoms with Crippen LogP contribution >= 0.6 is 0 Å². The number of unbranched alkanes of at least 4 members (excludes halogenated alkanes) is 1. The van der Waals surface area contributed by atoms with Crippen molar-refractivity contribution in [2.45, 2.75) is 71.8 Å². The zero-order chi connectivity index (χ0) is 20.2. The van der Waals surface area contributed by atoms with Gasteiger partial charge in [-0.3, -0.25) is 14.4 Å². The van der Waals surface area contributed by atoms with Crippen LogP contribution in [0.25, 0.3) is 0 Å². The Bertz CT molecular complexity index is 483. The van der Waals surface area contributed by atoms with Crippen molar-refractivity contribution in [1.29, 1.82) is 0 Å². The molecule has 1 saturated heterocycles.